The lowest BCUT2D eigenvalue weighted by Gasteiger charge is -2.28. The molecule has 0 spiro atoms. The predicted molar refractivity (Wildman–Crippen MR) is 192 cm³/mol. The Bertz CT molecular complexity index is 2470. The van der Waals surface area contributed by atoms with Gasteiger partial charge < -0.3 is 9.32 Å². The van der Waals surface area contributed by atoms with Crippen LogP contribution in [0.1, 0.15) is 0 Å². The molecule has 0 aliphatic carbocycles. The molecular formula is C42H27NOS. The summed E-state index contributed by atoms with van der Waals surface area (Å²) < 4.78 is 9.04. The largest absolute Gasteiger partial charge is 0.456 e. The van der Waals surface area contributed by atoms with E-state index in [1.165, 1.54) is 31.3 Å². The highest BCUT2D eigenvalue weighted by molar-refractivity contribution is 7.25. The average molecular weight is 594 g/mol. The third kappa shape index (κ3) is 4.40. The first-order chi connectivity index (χ1) is 22.3. The van der Waals surface area contributed by atoms with Crippen molar-refractivity contribution in [1.82, 2.24) is 0 Å². The Morgan fingerprint density at radius 1 is 0.400 bits per heavy atom. The van der Waals surface area contributed by atoms with E-state index in [4.69, 9.17) is 4.42 Å². The van der Waals surface area contributed by atoms with Crippen LogP contribution in [0.5, 0.6) is 0 Å². The van der Waals surface area contributed by atoms with Crippen molar-refractivity contribution in [3.8, 4) is 22.3 Å². The van der Waals surface area contributed by atoms with E-state index in [-0.39, 0.29) is 0 Å². The number of hydrogen-bond acceptors (Lipinski definition) is 3. The summed E-state index contributed by atoms with van der Waals surface area (Å²) in [5.41, 5.74) is 9.74. The van der Waals surface area contributed by atoms with Crippen molar-refractivity contribution in [2.45, 2.75) is 0 Å². The second-order valence-corrected chi connectivity index (χ2v) is 12.4. The fourth-order valence-electron chi connectivity index (χ4n) is 6.51. The highest BCUT2D eigenvalue weighted by Gasteiger charge is 2.21. The number of thiophene rings is 1. The molecular weight excluding hydrogens is 567 g/mol. The fraction of sp³-hybridized carbons (Fsp3) is 0. The molecule has 212 valence electrons. The molecule has 0 saturated carbocycles. The van der Waals surface area contributed by atoms with Crippen LogP contribution in [-0.2, 0) is 0 Å². The molecule has 2 nitrogen and oxygen atoms in total. The van der Waals surface area contributed by atoms with Gasteiger partial charge in [-0.3, -0.25) is 0 Å². The molecule has 0 unspecified atom stereocenters. The van der Waals surface area contributed by atoms with E-state index >= 15 is 0 Å². The Kier molecular flexibility index (Phi) is 6.03. The SMILES string of the molecule is c1ccc(-c2ccc(N(c3ccc4c(c3)sc3ccccc34)c3cc4oc5ccccc5c4cc3-c3ccccc3)cc2)cc1. The van der Waals surface area contributed by atoms with Crippen molar-refractivity contribution in [3.63, 3.8) is 0 Å². The van der Waals surface area contributed by atoms with E-state index in [9.17, 15) is 0 Å². The van der Waals surface area contributed by atoms with Crippen molar-refractivity contribution in [3.05, 3.63) is 164 Å². The number of anilines is 3. The van der Waals surface area contributed by atoms with Gasteiger partial charge in [-0.1, -0.05) is 115 Å². The molecule has 3 heteroatoms. The molecule has 0 atom stereocenters. The Morgan fingerprint density at radius 3 is 1.82 bits per heavy atom. The number of furan rings is 1. The molecule has 45 heavy (non-hydrogen) atoms. The Labute approximate surface area is 265 Å². The monoisotopic (exact) mass is 593 g/mol. The van der Waals surface area contributed by atoms with Crippen LogP contribution >= 0.6 is 11.3 Å². The minimum Gasteiger partial charge on any atom is -0.456 e. The van der Waals surface area contributed by atoms with Gasteiger partial charge in [0.2, 0.25) is 0 Å². The van der Waals surface area contributed by atoms with Gasteiger partial charge in [-0.25, -0.2) is 0 Å². The van der Waals surface area contributed by atoms with E-state index < -0.39 is 0 Å². The zero-order valence-corrected chi connectivity index (χ0v) is 25.2. The zero-order valence-electron chi connectivity index (χ0n) is 24.4. The second kappa shape index (κ2) is 10.5. The molecule has 0 amide bonds. The van der Waals surface area contributed by atoms with Crippen LogP contribution in [0.3, 0.4) is 0 Å². The molecule has 7 aromatic carbocycles. The maximum absolute atomic E-state index is 6.47. The van der Waals surface area contributed by atoms with Crippen molar-refractivity contribution in [2.75, 3.05) is 4.90 Å². The van der Waals surface area contributed by atoms with Gasteiger partial charge in [0, 0.05) is 53.9 Å². The average Bonchev–Trinajstić information content (AvgIpc) is 3.66. The van der Waals surface area contributed by atoms with Crippen LogP contribution in [-0.4, -0.2) is 0 Å². The topological polar surface area (TPSA) is 16.4 Å². The summed E-state index contributed by atoms with van der Waals surface area (Å²) in [5, 5.41) is 4.83. The minimum atomic E-state index is 0.875. The summed E-state index contributed by atoms with van der Waals surface area (Å²) in [4.78, 5) is 2.38. The number of hydrogen-bond donors (Lipinski definition) is 0. The van der Waals surface area contributed by atoms with Gasteiger partial charge in [0.1, 0.15) is 11.2 Å². The lowest BCUT2D eigenvalue weighted by molar-refractivity contribution is 0.669. The maximum atomic E-state index is 6.47. The minimum absolute atomic E-state index is 0.875. The molecule has 9 aromatic rings. The third-order valence-electron chi connectivity index (χ3n) is 8.67. The molecule has 0 saturated heterocycles. The highest BCUT2D eigenvalue weighted by Crippen LogP contribution is 2.46. The van der Waals surface area contributed by atoms with Gasteiger partial charge in [-0.05, 0) is 59.2 Å². The van der Waals surface area contributed by atoms with Crippen molar-refractivity contribution in [1.29, 1.82) is 0 Å². The smallest absolute Gasteiger partial charge is 0.137 e. The van der Waals surface area contributed by atoms with Crippen molar-refractivity contribution in [2.24, 2.45) is 0 Å². The molecule has 0 N–H and O–H groups in total. The molecule has 0 fully saturated rings. The van der Waals surface area contributed by atoms with Crippen molar-refractivity contribution >= 4 is 70.5 Å². The van der Waals surface area contributed by atoms with Crippen molar-refractivity contribution < 1.29 is 4.42 Å². The maximum Gasteiger partial charge on any atom is 0.137 e. The summed E-state index contributed by atoms with van der Waals surface area (Å²) in [6.07, 6.45) is 0. The lowest BCUT2D eigenvalue weighted by atomic mass is 9.98. The van der Waals surface area contributed by atoms with Gasteiger partial charge in [-0.2, -0.15) is 0 Å². The standard InChI is InChI=1S/C42H27NOS/c1-3-11-28(12-4-1)29-19-21-31(22-20-29)43(32-23-24-35-34-16-8-10-18-41(34)45-42(35)25-32)38-27-40-37(33-15-7-9-17-39(33)44-40)26-36(38)30-13-5-2-6-14-30/h1-27H. The number of nitrogens with zero attached hydrogens (tertiary/aromatic N) is 1. The van der Waals surface area contributed by atoms with Gasteiger partial charge in [-0.15, -0.1) is 11.3 Å². The predicted octanol–water partition coefficient (Wildman–Crippen LogP) is 12.8. The Balaban J connectivity index is 1.31. The van der Waals surface area contributed by atoms with Crippen LogP contribution in [0, 0.1) is 0 Å². The molecule has 0 radical (unpaired) electrons. The van der Waals surface area contributed by atoms with Crippen LogP contribution in [0.4, 0.5) is 17.1 Å². The first-order valence-corrected chi connectivity index (χ1v) is 16.0. The van der Waals surface area contributed by atoms with Crippen LogP contribution in [0.2, 0.25) is 0 Å². The zero-order chi connectivity index (χ0) is 29.7. The summed E-state index contributed by atoms with van der Waals surface area (Å²) in [7, 11) is 0. The molecule has 9 rings (SSSR count). The number of para-hydroxylation sites is 1. The summed E-state index contributed by atoms with van der Waals surface area (Å²) in [6.45, 7) is 0. The van der Waals surface area contributed by atoms with E-state index in [2.05, 4.69) is 157 Å². The first kappa shape index (κ1) is 25.8. The van der Waals surface area contributed by atoms with Crippen LogP contribution in [0.15, 0.2) is 168 Å². The summed E-state index contributed by atoms with van der Waals surface area (Å²) in [6, 6.07) is 58.5. The molecule has 2 heterocycles. The molecule has 0 aliphatic heterocycles. The molecule has 2 aromatic heterocycles. The molecule has 0 aliphatic rings. The van der Waals surface area contributed by atoms with E-state index in [1.807, 2.05) is 23.5 Å². The van der Waals surface area contributed by atoms with Crippen LogP contribution < -0.4 is 4.90 Å². The quantitative estimate of drug-likeness (QED) is 0.197. The lowest BCUT2D eigenvalue weighted by Crippen LogP contribution is -2.11. The van der Waals surface area contributed by atoms with E-state index in [0.717, 1.165) is 50.1 Å². The summed E-state index contributed by atoms with van der Waals surface area (Å²) >= 11 is 1.84. The van der Waals surface area contributed by atoms with Gasteiger partial charge in [0.15, 0.2) is 0 Å². The van der Waals surface area contributed by atoms with E-state index in [1.54, 1.807) is 0 Å². The second-order valence-electron chi connectivity index (χ2n) is 11.4. The highest BCUT2D eigenvalue weighted by atomic mass is 32.1. The normalized spacial score (nSPS) is 11.6. The first-order valence-electron chi connectivity index (χ1n) is 15.2. The number of fused-ring (bicyclic) bond motifs is 6. The van der Waals surface area contributed by atoms with Gasteiger partial charge >= 0.3 is 0 Å². The fourth-order valence-corrected chi connectivity index (χ4v) is 7.65. The number of rotatable bonds is 5. The number of benzene rings is 7. The van der Waals surface area contributed by atoms with Gasteiger partial charge in [0.25, 0.3) is 0 Å². The third-order valence-corrected chi connectivity index (χ3v) is 9.81. The molecule has 0 bridgehead atoms. The van der Waals surface area contributed by atoms with Crippen LogP contribution in [0.25, 0.3) is 64.4 Å². The Morgan fingerprint density at radius 2 is 1.02 bits per heavy atom. The van der Waals surface area contributed by atoms with E-state index in [0.29, 0.717) is 0 Å². The van der Waals surface area contributed by atoms with Gasteiger partial charge in [0.05, 0.1) is 5.69 Å². The Hall–Kier alpha value is -5.64. The summed E-state index contributed by atoms with van der Waals surface area (Å²) in [5.74, 6) is 0.